The summed E-state index contributed by atoms with van der Waals surface area (Å²) < 4.78 is 81.6. The molecule has 2 aliphatic rings. The molecule has 6 rings (SSSR count). The summed E-state index contributed by atoms with van der Waals surface area (Å²) in [6.45, 7) is 0.503. The maximum absolute atomic E-state index is 13.8. The molecule has 0 atom stereocenters. The molecule has 0 bridgehead atoms. The van der Waals surface area contributed by atoms with Crippen molar-refractivity contribution in [1.29, 1.82) is 0 Å². The zero-order chi connectivity index (χ0) is 43.2. The van der Waals surface area contributed by atoms with E-state index >= 15 is 0 Å². The van der Waals surface area contributed by atoms with Crippen molar-refractivity contribution < 1.29 is 54.3 Å². The first-order valence-corrected chi connectivity index (χ1v) is 22.5. The lowest BCUT2D eigenvalue weighted by Gasteiger charge is -2.32. The minimum atomic E-state index is -3.15. The predicted octanol–water partition coefficient (Wildman–Crippen LogP) is 4.72. The van der Waals surface area contributed by atoms with Crippen molar-refractivity contribution in [3.63, 3.8) is 0 Å². The van der Waals surface area contributed by atoms with Crippen LogP contribution < -0.4 is 10.2 Å². The average molecular weight is 924 g/mol. The number of carbonyl (C=O) groups is 4. The molecular weight excluding hydrogens is 882 g/mol. The molecule has 0 unspecified atom stereocenters. The first-order valence-electron chi connectivity index (χ1n) is 17.7. The molecule has 2 saturated heterocycles. The Hall–Kier alpha value is -5.54. The highest BCUT2D eigenvalue weighted by Gasteiger charge is 2.30. The summed E-state index contributed by atoms with van der Waals surface area (Å²) >= 11 is 3.26. The van der Waals surface area contributed by atoms with Crippen molar-refractivity contribution >= 4 is 71.0 Å². The van der Waals surface area contributed by atoms with Gasteiger partial charge in [-0.15, -0.1) is 0 Å². The van der Waals surface area contributed by atoms with E-state index in [4.69, 9.17) is 0 Å². The van der Waals surface area contributed by atoms with Crippen LogP contribution in [0.1, 0.15) is 32.1 Å². The van der Waals surface area contributed by atoms with Gasteiger partial charge in [0.25, 0.3) is 0 Å². The van der Waals surface area contributed by atoms with Gasteiger partial charge in [-0.1, -0.05) is 28.1 Å². The SMILES string of the molecule is COC(=O)c1ccc(CBr)nc1.COC(=O)c1ccc(CN(C(=O)N2CCS(=O)(=O)CC2)c2cccc(F)c2)nc1.O=C(Nc1cccc(F)c1)N1CCS(=O)(=O)CC1. The molecular formula is C38H41BrF2N6O10S2. The Kier molecular flexibility index (Phi) is 16.8. The normalized spacial score (nSPS) is 15.2. The molecule has 2 aromatic heterocycles. The Morgan fingerprint density at radius 1 is 0.712 bits per heavy atom. The molecule has 1 N–H and O–H groups in total. The summed E-state index contributed by atoms with van der Waals surface area (Å²) in [6, 6.07) is 16.8. The second kappa shape index (κ2) is 21.5. The third-order valence-electron chi connectivity index (χ3n) is 8.62. The molecule has 2 fully saturated rings. The van der Waals surface area contributed by atoms with Crippen molar-refractivity contribution in [2.45, 2.75) is 11.9 Å². The van der Waals surface area contributed by atoms with E-state index in [1.54, 1.807) is 30.3 Å². The fourth-order valence-corrected chi connectivity index (χ4v) is 8.07. The average Bonchev–Trinajstić information content (AvgIpc) is 3.22. The number of nitrogens with zero attached hydrogens (tertiary/aromatic N) is 5. The largest absolute Gasteiger partial charge is 0.465 e. The summed E-state index contributed by atoms with van der Waals surface area (Å²) in [6.07, 6.45) is 2.84. The minimum Gasteiger partial charge on any atom is -0.465 e. The fraction of sp³-hybridized carbons (Fsp3) is 0.316. The number of hydrogen-bond acceptors (Lipinski definition) is 12. The van der Waals surface area contributed by atoms with Gasteiger partial charge in [-0.2, -0.15) is 0 Å². The van der Waals surface area contributed by atoms with E-state index < -0.39 is 49.3 Å². The predicted molar refractivity (Wildman–Crippen MR) is 218 cm³/mol. The van der Waals surface area contributed by atoms with Gasteiger partial charge in [0.05, 0.1) is 66.3 Å². The summed E-state index contributed by atoms with van der Waals surface area (Å²) in [5, 5.41) is 3.22. The van der Waals surface area contributed by atoms with Gasteiger partial charge in [-0.3, -0.25) is 14.9 Å². The number of halogens is 3. The van der Waals surface area contributed by atoms with E-state index in [1.807, 2.05) is 0 Å². The highest BCUT2D eigenvalue weighted by atomic mass is 79.9. The van der Waals surface area contributed by atoms with Crippen LogP contribution in [0.4, 0.5) is 29.7 Å². The number of aromatic nitrogens is 2. The van der Waals surface area contributed by atoms with E-state index in [1.165, 1.54) is 83.8 Å². The van der Waals surface area contributed by atoms with Gasteiger partial charge in [0, 0.05) is 55.3 Å². The Morgan fingerprint density at radius 3 is 1.66 bits per heavy atom. The van der Waals surface area contributed by atoms with Crippen LogP contribution in [0.15, 0.2) is 85.2 Å². The van der Waals surface area contributed by atoms with E-state index in [0.29, 0.717) is 28.0 Å². The quantitative estimate of drug-likeness (QED) is 0.198. The number of ether oxygens (including phenoxy) is 2. The number of carbonyl (C=O) groups excluding carboxylic acids is 4. The molecule has 4 aromatic rings. The van der Waals surface area contributed by atoms with Gasteiger partial charge in [0.2, 0.25) is 0 Å². The topological polar surface area (TPSA) is 203 Å². The first-order chi connectivity index (χ1) is 28.0. The number of esters is 2. The van der Waals surface area contributed by atoms with E-state index in [9.17, 15) is 44.8 Å². The van der Waals surface area contributed by atoms with Crippen LogP contribution in [0.3, 0.4) is 0 Å². The van der Waals surface area contributed by atoms with Gasteiger partial charge in [0.15, 0.2) is 19.7 Å². The number of amides is 4. The molecule has 4 heterocycles. The number of rotatable bonds is 7. The lowest BCUT2D eigenvalue weighted by molar-refractivity contribution is 0.0591. The Labute approximate surface area is 348 Å². The van der Waals surface area contributed by atoms with Gasteiger partial charge in [-0.05, 0) is 60.7 Å². The van der Waals surface area contributed by atoms with Crippen LogP contribution in [-0.4, -0.2) is 124 Å². The fourth-order valence-electron chi connectivity index (χ4n) is 5.33. The maximum atomic E-state index is 13.8. The molecule has 0 aliphatic carbocycles. The van der Waals surface area contributed by atoms with E-state index in [2.05, 4.69) is 40.7 Å². The second-order valence-corrected chi connectivity index (χ2v) is 17.9. The van der Waals surface area contributed by atoms with Gasteiger partial charge in [-0.25, -0.2) is 44.8 Å². The van der Waals surface area contributed by atoms with Crippen molar-refractivity contribution in [2.24, 2.45) is 0 Å². The number of anilines is 2. The van der Waals surface area contributed by atoms with Crippen molar-refractivity contribution in [3.05, 3.63) is 119 Å². The molecule has 2 aromatic carbocycles. The first kappa shape index (κ1) is 46.2. The molecule has 0 saturated carbocycles. The standard InChI is InChI=1S/C19H20FN3O5S.C11H13FN2O3S.C8H8BrNO2/c1-28-18(24)14-5-6-16(21-12-14)13-23(17-4-2-3-15(20)11-17)19(25)22-7-9-29(26,27)10-8-22;12-9-2-1-3-10(8-9)13-11(15)14-4-6-18(16,17)7-5-14;1-12-8(11)6-2-3-7(4-9)10-5-6/h2-6,11-12H,7-10,13H2,1H3;1-3,8H,4-7H2,(H,13,15);2-3,5H,4H2,1H3. The van der Waals surface area contributed by atoms with Gasteiger partial charge < -0.3 is 24.6 Å². The lowest BCUT2D eigenvalue weighted by atomic mass is 10.2. The number of alkyl halides is 1. The Balaban J connectivity index is 0.000000217. The highest BCUT2D eigenvalue weighted by molar-refractivity contribution is 9.08. The highest BCUT2D eigenvalue weighted by Crippen LogP contribution is 2.21. The molecule has 59 heavy (non-hydrogen) atoms. The van der Waals surface area contributed by atoms with Crippen LogP contribution in [0.5, 0.6) is 0 Å². The number of urea groups is 2. The van der Waals surface area contributed by atoms with Crippen molar-refractivity contribution in [3.8, 4) is 0 Å². The van der Waals surface area contributed by atoms with Crippen LogP contribution in [0.25, 0.3) is 0 Å². The molecule has 4 amide bonds. The molecule has 16 nitrogen and oxygen atoms in total. The summed E-state index contributed by atoms with van der Waals surface area (Å²) in [5.41, 5.74) is 2.78. The smallest absolute Gasteiger partial charge is 0.339 e. The van der Waals surface area contributed by atoms with E-state index in [-0.39, 0.29) is 67.3 Å². The van der Waals surface area contributed by atoms with Crippen molar-refractivity contribution in [1.82, 2.24) is 19.8 Å². The van der Waals surface area contributed by atoms with Crippen LogP contribution in [0, 0.1) is 11.6 Å². The molecule has 0 spiro atoms. The van der Waals surface area contributed by atoms with Crippen molar-refractivity contribution in [2.75, 3.05) is 73.6 Å². The number of benzene rings is 2. The molecule has 2 aliphatic heterocycles. The number of hydrogen-bond donors (Lipinski definition) is 1. The minimum absolute atomic E-state index is 0.0208. The third-order valence-corrected chi connectivity index (χ3v) is 12.4. The second-order valence-electron chi connectivity index (χ2n) is 12.8. The van der Waals surface area contributed by atoms with Crippen LogP contribution in [0.2, 0.25) is 0 Å². The van der Waals surface area contributed by atoms with Crippen LogP contribution >= 0.6 is 15.9 Å². The molecule has 316 valence electrons. The third kappa shape index (κ3) is 14.4. The number of pyridine rings is 2. The monoisotopic (exact) mass is 922 g/mol. The molecule has 0 radical (unpaired) electrons. The molecule has 21 heteroatoms. The Morgan fingerprint density at radius 2 is 1.20 bits per heavy atom. The Bertz CT molecular complexity index is 2300. The maximum Gasteiger partial charge on any atom is 0.339 e. The number of nitrogens with one attached hydrogen (secondary N) is 1. The summed E-state index contributed by atoms with van der Waals surface area (Å²) in [5.74, 6) is -2.10. The lowest BCUT2D eigenvalue weighted by Crippen LogP contribution is -2.49. The van der Waals surface area contributed by atoms with Crippen LogP contribution in [-0.2, 0) is 41.0 Å². The summed E-state index contributed by atoms with van der Waals surface area (Å²) in [7, 11) is -3.55. The number of sulfone groups is 2. The summed E-state index contributed by atoms with van der Waals surface area (Å²) in [4.78, 5) is 59.7. The van der Waals surface area contributed by atoms with Gasteiger partial charge in [0.1, 0.15) is 11.6 Å². The zero-order valence-electron chi connectivity index (χ0n) is 31.9. The van der Waals surface area contributed by atoms with E-state index in [0.717, 1.165) is 5.69 Å². The number of methoxy groups -OCH3 is 2. The zero-order valence-corrected chi connectivity index (χ0v) is 35.1. The van der Waals surface area contributed by atoms with Gasteiger partial charge >= 0.3 is 24.0 Å².